The lowest BCUT2D eigenvalue weighted by molar-refractivity contribution is -0.117. The summed E-state index contributed by atoms with van der Waals surface area (Å²) in [5.41, 5.74) is 2.41. The van der Waals surface area contributed by atoms with Crippen molar-refractivity contribution in [2.75, 3.05) is 6.61 Å². The first kappa shape index (κ1) is 17.0. The molecule has 0 fully saturated rings. The summed E-state index contributed by atoms with van der Waals surface area (Å²) in [5, 5.41) is 0. The van der Waals surface area contributed by atoms with Crippen molar-refractivity contribution in [3.63, 3.8) is 0 Å². The minimum atomic E-state index is -0.367. The van der Waals surface area contributed by atoms with Crippen LogP contribution in [0.4, 0.5) is 0 Å². The van der Waals surface area contributed by atoms with Crippen LogP contribution in [0.25, 0.3) is 0 Å². The van der Waals surface area contributed by atoms with Gasteiger partial charge in [0.2, 0.25) is 0 Å². The molecule has 122 valence electrons. The minimum absolute atomic E-state index is 0.0994. The first-order valence-electron chi connectivity index (χ1n) is 7.84. The number of Topliss-reactive ketones (excluding diaryl/α,β-unsaturated/α-hetero) is 1. The Kier molecular flexibility index (Phi) is 5.74. The van der Waals surface area contributed by atoms with Crippen molar-refractivity contribution in [1.29, 1.82) is 0 Å². The summed E-state index contributed by atoms with van der Waals surface area (Å²) in [5.74, 6) is 0.980. The van der Waals surface area contributed by atoms with Crippen LogP contribution < -0.4 is 0 Å². The molecule has 0 amide bonds. The van der Waals surface area contributed by atoms with E-state index in [1.54, 1.807) is 20.8 Å². The summed E-state index contributed by atoms with van der Waals surface area (Å²) in [7, 11) is 0. The van der Waals surface area contributed by atoms with Gasteiger partial charge < -0.3 is 13.9 Å². The Bertz CT molecular complexity index is 683. The third-order valence-corrected chi connectivity index (χ3v) is 3.67. The lowest BCUT2D eigenvalue weighted by atomic mass is 9.98. The zero-order chi connectivity index (χ0) is 16.8. The maximum atomic E-state index is 12.3. The van der Waals surface area contributed by atoms with Gasteiger partial charge in [-0.1, -0.05) is 30.3 Å². The average molecular weight is 314 g/mol. The second-order valence-corrected chi connectivity index (χ2v) is 5.52. The number of ether oxygens (including phenoxy) is 1. The highest BCUT2D eigenvalue weighted by molar-refractivity contribution is 5.92. The molecule has 1 aromatic heterocycles. The third-order valence-electron chi connectivity index (χ3n) is 3.67. The fraction of sp³-hybridized carbons (Fsp3) is 0.368. The molecular formula is C19H22O4. The molecule has 2 aromatic rings. The Morgan fingerprint density at radius 2 is 1.87 bits per heavy atom. The van der Waals surface area contributed by atoms with Crippen LogP contribution in [-0.4, -0.2) is 18.4 Å². The maximum absolute atomic E-state index is 12.3. The lowest BCUT2D eigenvalue weighted by Gasteiger charge is -2.06. The third kappa shape index (κ3) is 4.31. The fourth-order valence-electron chi connectivity index (χ4n) is 2.60. The highest BCUT2D eigenvalue weighted by atomic mass is 16.5. The van der Waals surface area contributed by atoms with E-state index in [1.807, 2.05) is 30.3 Å². The molecule has 0 N–H and O–H groups in total. The van der Waals surface area contributed by atoms with Crippen molar-refractivity contribution >= 4 is 11.8 Å². The molecule has 4 heteroatoms. The number of benzene rings is 1. The summed E-state index contributed by atoms with van der Waals surface area (Å²) in [6, 6.07) is 9.88. The van der Waals surface area contributed by atoms with Crippen molar-refractivity contribution < 1.29 is 18.7 Å². The molecule has 0 saturated carbocycles. The number of rotatable bonds is 7. The van der Waals surface area contributed by atoms with Gasteiger partial charge >= 0.3 is 5.97 Å². The molecular weight excluding hydrogens is 292 g/mol. The van der Waals surface area contributed by atoms with Crippen LogP contribution in [0, 0.1) is 6.92 Å². The van der Waals surface area contributed by atoms with Crippen molar-refractivity contribution in [2.24, 2.45) is 0 Å². The first-order chi connectivity index (χ1) is 11.0. The van der Waals surface area contributed by atoms with Crippen LogP contribution in [0.15, 0.2) is 34.7 Å². The largest absolute Gasteiger partial charge is 0.465 e. The maximum Gasteiger partial charge on any atom is 0.341 e. The smallest absolute Gasteiger partial charge is 0.341 e. The van der Waals surface area contributed by atoms with Crippen molar-refractivity contribution in [1.82, 2.24) is 0 Å². The topological polar surface area (TPSA) is 56.5 Å². The van der Waals surface area contributed by atoms with Crippen LogP contribution in [-0.2, 0) is 22.4 Å². The minimum Gasteiger partial charge on any atom is -0.465 e. The Labute approximate surface area is 136 Å². The van der Waals surface area contributed by atoms with Gasteiger partial charge in [-0.2, -0.15) is 0 Å². The number of hydrogen-bond acceptors (Lipinski definition) is 4. The van der Waals surface area contributed by atoms with Gasteiger partial charge in [0.25, 0.3) is 0 Å². The second kappa shape index (κ2) is 7.77. The average Bonchev–Trinajstić information content (AvgIpc) is 2.82. The predicted molar refractivity (Wildman–Crippen MR) is 87.7 cm³/mol. The Morgan fingerprint density at radius 1 is 1.17 bits per heavy atom. The lowest BCUT2D eigenvalue weighted by Crippen LogP contribution is -2.09. The van der Waals surface area contributed by atoms with Crippen molar-refractivity contribution in [3.8, 4) is 0 Å². The molecule has 2 rings (SSSR count). The molecule has 1 aromatic carbocycles. The molecule has 0 unspecified atom stereocenters. The molecule has 0 atom stereocenters. The van der Waals surface area contributed by atoms with Gasteiger partial charge in [0.1, 0.15) is 22.9 Å². The van der Waals surface area contributed by atoms with E-state index in [2.05, 4.69) is 0 Å². The molecule has 1 heterocycles. The highest BCUT2D eigenvalue weighted by Crippen LogP contribution is 2.27. The zero-order valence-corrected chi connectivity index (χ0v) is 13.8. The van der Waals surface area contributed by atoms with E-state index >= 15 is 0 Å². The molecule has 0 saturated heterocycles. The first-order valence-corrected chi connectivity index (χ1v) is 7.84. The van der Waals surface area contributed by atoms with Crippen LogP contribution >= 0.6 is 0 Å². The van der Waals surface area contributed by atoms with E-state index in [1.165, 1.54) is 0 Å². The fourth-order valence-corrected chi connectivity index (χ4v) is 2.60. The van der Waals surface area contributed by atoms with E-state index in [4.69, 9.17) is 9.15 Å². The molecule has 0 aliphatic heterocycles. The van der Waals surface area contributed by atoms with Gasteiger partial charge in [0.05, 0.1) is 6.61 Å². The molecule has 4 nitrogen and oxygen atoms in total. The van der Waals surface area contributed by atoms with Crippen LogP contribution in [0.3, 0.4) is 0 Å². The Hall–Kier alpha value is -2.36. The number of ketones is 1. The number of esters is 1. The van der Waals surface area contributed by atoms with Crippen LogP contribution in [0.1, 0.15) is 53.3 Å². The van der Waals surface area contributed by atoms with Crippen molar-refractivity contribution in [2.45, 2.75) is 40.0 Å². The molecule has 0 spiro atoms. The number of aryl methyl sites for hydroxylation is 2. The number of carbonyl (C=O) groups is 2. The van der Waals surface area contributed by atoms with E-state index in [-0.39, 0.29) is 11.8 Å². The summed E-state index contributed by atoms with van der Waals surface area (Å²) >= 11 is 0. The molecule has 0 aliphatic rings. The number of hydrogen-bond donors (Lipinski definition) is 0. The quantitative estimate of drug-likeness (QED) is 0.728. The van der Waals surface area contributed by atoms with Crippen molar-refractivity contribution in [3.05, 3.63) is 58.5 Å². The van der Waals surface area contributed by atoms with Gasteiger partial charge in [0, 0.05) is 24.8 Å². The molecule has 0 aliphatic carbocycles. The standard InChI is InChI=1S/C19H22O4/c1-4-22-19(21)18-14(3)23-17(11-10-13(2)20)16(18)12-15-8-6-5-7-9-15/h5-9H,4,10-12H2,1-3H3. The number of carbonyl (C=O) groups excluding carboxylic acids is 2. The normalized spacial score (nSPS) is 10.6. The summed E-state index contributed by atoms with van der Waals surface area (Å²) in [4.78, 5) is 23.6. The zero-order valence-electron chi connectivity index (χ0n) is 13.8. The van der Waals surface area contributed by atoms with E-state index < -0.39 is 0 Å². The Balaban J connectivity index is 2.40. The van der Waals surface area contributed by atoms with Gasteiger partial charge in [0.15, 0.2) is 0 Å². The predicted octanol–water partition coefficient (Wildman–Crippen LogP) is 3.88. The van der Waals surface area contributed by atoms with E-state index in [0.29, 0.717) is 43.0 Å². The summed E-state index contributed by atoms with van der Waals surface area (Å²) in [6.45, 7) is 5.41. The highest BCUT2D eigenvalue weighted by Gasteiger charge is 2.24. The van der Waals surface area contributed by atoms with Gasteiger partial charge in [-0.25, -0.2) is 4.79 Å². The van der Waals surface area contributed by atoms with Crippen LogP contribution in [0.5, 0.6) is 0 Å². The monoisotopic (exact) mass is 314 g/mol. The van der Waals surface area contributed by atoms with E-state index in [9.17, 15) is 9.59 Å². The second-order valence-electron chi connectivity index (χ2n) is 5.52. The molecule has 23 heavy (non-hydrogen) atoms. The molecule has 0 bridgehead atoms. The van der Waals surface area contributed by atoms with Crippen LogP contribution in [0.2, 0.25) is 0 Å². The SMILES string of the molecule is CCOC(=O)c1c(C)oc(CCC(C)=O)c1Cc1ccccc1. The number of furan rings is 1. The summed E-state index contributed by atoms with van der Waals surface area (Å²) < 4.78 is 10.9. The Morgan fingerprint density at radius 3 is 2.48 bits per heavy atom. The van der Waals surface area contributed by atoms with Gasteiger partial charge in [-0.3, -0.25) is 0 Å². The molecule has 0 radical (unpaired) electrons. The van der Waals surface area contributed by atoms with Gasteiger partial charge in [-0.15, -0.1) is 0 Å². The summed E-state index contributed by atoms with van der Waals surface area (Å²) in [6.07, 6.45) is 1.48. The van der Waals surface area contributed by atoms with E-state index in [0.717, 1.165) is 11.1 Å². The van der Waals surface area contributed by atoms with Gasteiger partial charge in [-0.05, 0) is 26.3 Å².